The highest BCUT2D eigenvalue weighted by atomic mass is 19.1. The summed E-state index contributed by atoms with van der Waals surface area (Å²) in [5, 5.41) is 0. The van der Waals surface area contributed by atoms with Crippen LogP contribution < -0.4 is 4.74 Å². The first kappa shape index (κ1) is 12.4. The molecular formula is C14H14FNO2. The summed E-state index contributed by atoms with van der Waals surface area (Å²) in [6.07, 6.45) is 2.22. The van der Waals surface area contributed by atoms with E-state index in [2.05, 4.69) is 12.0 Å². The van der Waals surface area contributed by atoms with E-state index >= 15 is 0 Å². The summed E-state index contributed by atoms with van der Waals surface area (Å²) in [6.45, 7) is 1.80. The van der Waals surface area contributed by atoms with Crippen molar-refractivity contribution >= 4 is 5.78 Å². The normalized spacial score (nSPS) is 14.0. The van der Waals surface area contributed by atoms with E-state index in [0.29, 0.717) is 0 Å². The van der Waals surface area contributed by atoms with E-state index in [-0.39, 0.29) is 17.1 Å². The molecule has 94 valence electrons. The van der Waals surface area contributed by atoms with Crippen LogP contribution >= 0.6 is 0 Å². The Morgan fingerprint density at radius 3 is 2.72 bits per heavy atom. The van der Waals surface area contributed by atoms with Crippen molar-refractivity contribution in [3.63, 3.8) is 0 Å². The standard InChI is InChI=1S/C14H14FNO2/c1-18-14-5-4-11(10-12(14)15)13(17)6-9-16-7-2-3-8-16/h4-5,10H,2-3,7-8H2,1H3. The van der Waals surface area contributed by atoms with Gasteiger partial charge in [-0.05, 0) is 37.0 Å². The van der Waals surface area contributed by atoms with Crippen molar-refractivity contribution in [1.29, 1.82) is 0 Å². The number of hydrogen-bond donors (Lipinski definition) is 0. The molecule has 1 fully saturated rings. The molecule has 0 aromatic heterocycles. The van der Waals surface area contributed by atoms with E-state index in [1.165, 1.54) is 19.2 Å². The molecule has 0 spiro atoms. The minimum absolute atomic E-state index is 0.124. The molecule has 0 N–H and O–H groups in total. The van der Waals surface area contributed by atoms with Crippen LogP contribution in [0.25, 0.3) is 0 Å². The maximum absolute atomic E-state index is 13.4. The maximum Gasteiger partial charge on any atom is 0.237 e. The molecule has 0 aliphatic carbocycles. The van der Waals surface area contributed by atoms with Crippen molar-refractivity contribution in [2.75, 3.05) is 20.2 Å². The van der Waals surface area contributed by atoms with Crippen LogP contribution in [0.3, 0.4) is 0 Å². The van der Waals surface area contributed by atoms with E-state index in [9.17, 15) is 9.18 Å². The Balaban J connectivity index is 2.11. The number of nitrogens with zero attached hydrogens (tertiary/aromatic N) is 1. The highest BCUT2D eigenvalue weighted by Crippen LogP contribution is 2.17. The van der Waals surface area contributed by atoms with Gasteiger partial charge in [-0.3, -0.25) is 4.79 Å². The minimum Gasteiger partial charge on any atom is -0.494 e. The van der Waals surface area contributed by atoms with Gasteiger partial charge in [0.1, 0.15) is 0 Å². The molecule has 1 aliphatic heterocycles. The average Bonchev–Trinajstić information content (AvgIpc) is 2.89. The second kappa shape index (κ2) is 5.54. The zero-order valence-corrected chi connectivity index (χ0v) is 10.2. The predicted octanol–water partition coefficient (Wildman–Crippen LogP) is 2.07. The summed E-state index contributed by atoms with van der Waals surface area (Å²) in [5.41, 5.74) is 0.250. The van der Waals surface area contributed by atoms with Crippen LogP contribution in [0.1, 0.15) is 23.2 Å². The monoisotopic (exact) mass is 247 g/mol. The van der Waals surface area contributed by atoms with Gasteiger partial charge in [-0.2, -0.15) is 0 Å². The summed E-state index contributed by atoms with van der Waals surface area (Å²) in [5.74, 6) is 1.74. The molecule has 0 amide bonds. The molecule has 2 rings (SSSR count). The number of rotatable bonds is 2. The molecular weight excluding hydrogens is 233 g/mol. The third-order valence-corrected chi connectivity index (χ3v) is 2.85. The molecule has 0 saturated carbocycles. The zero-order chi connectivity index (χ0) is 13.0. The summed E-state index contributed by atoms with van der Waals surface area (Å²) in [6, 6.07) is 6.91. The van der Waals surface area contributed by atoms with Crippen molar-refractivity contribution in [1.82, 2.24) is 4.90 Å². The van der Waals surface area contributed by atoms with Gasteiger partial charge in [0, 0.05) is 24.7 Å². The van der Waals surface area contributed by atoms with Gasteiger partial charge in [-0.15, -0.1) is 0 Å². The average molecular weight is 247 g/mol. The summed E-state index contributed by atoms with van der Waals surface area (Å²) in [7, 11) is 1.38. The number of methoxy groups -OCH3 is 1. The number of carbonyl (C=O) groups excluding carboxylic acids is 1. The smallest absolute Gasteiger partial charge is 0.237 e. The number of hydrogen-bond acceptors (Lipinski definition) is 3. The Hall–Kier alpha value is -2.02. The third kappa shape index (κ3) is 2.80. The number of likely N-dealkylation sites (tertiary alicyclic amines) is 1. The lowest BCUT2D eigenvalue weighted by atomic mass is 10.1. The van der Waals surface area contributed by atoms with E-state index in [0.717, 1.165) is 32.0 Å². The molecule has 0 atom stereocenters. The number of Topliss-reactive ketones (excluding diaryl/α,β-unsaturated/α-hetero) is 1. The number of ketones is 1. The molecule has 18 heavy (non-hydrogen) atoms. The Kier molecular flexibility index (Phi) is 3.83. The zero-order valence-electron chi connectivity index (χ0n) is 10.2. The van der Waals surface area contributed by atoms with Crippen LogP contribution in [0.15, 0.2) is 18.2 Å². The molecule has 1 saturated heterocycles. The fourth-order valence-electron chi connectivity index (χ4n) is 1.84. The highest BCUT2D eigenvalue weighted by molar-refractivity contribution is 6.09. The Labute approximate surface area is 106 Å². The fourth-order valence-corrected chi connectivity index (χ4v) is 1.84. The van der Waals surface area contributed by atoms with E-state index in [1.807, 2.05) is 4.90 Å². The first-order valence-corrected chi connectivity index (χ1v) is 5.85. The van der Waals surface area contributed by atoms with Gasteiger partial charge in [-0.1, -0.05) is 0 Å². The highest BCUT2D eigenvalue weighted by Gasteiger charge is 2.10. The Morgan fingerprint density at radius 1 is 1.39 bits per heavy atom. The van der Waals surface area contributed by atoms with Gasteiger partial charge in [0.2, 0.25) is 5.78 Å². The molecule has 4 heteroatoms. The first-order chi connectivity index (χ1) is 8.70. The van der Waals surface area contributed by atoms with Gasteiger partial charge >= 0.3 is 0 Å². The number of halogens is 1. The molecule has 1 aliphatic rings. The van der Waals surface area contributed by atoms with Crippen molar-refractivity contribution < 1.29 is 13.9 Å². The third-order valence-electron chi connectivity index (χ3n) is 2.85. The molecule has 3 nitrogen and oxygen atoms in total. The second-order valence-corrected chi connectivity index (χ2v) is 4.11. The van der Waals surface area contributed by atoms with Gasteiger partial charge < -0.3 is 9.64 Å². The maximum atomic E-state index is 13.4. The van der Waals surface area contributed by atoms with E-state index in [1.54, 1.807) is 0 Å². The predicted molar refractivity (Wildman–Crippen MR) is 65.9 cm³/mol. The quantitative estimate of drug-likeness (QED) is 0.592. The van der Waals surface area contributed by atoms with Crippen LogP contribution in [0.2, 0.25) is 0 Å². The largest absolute Gasteiger partial charge is 0.494 e. The molecule has 0 unspecified atom stereocenters. The number of benzene rings is 1. The van der Waals surface area contributed by atoms with Gasteiger partial charge in [-0.25, -0.2) is 4.39 Å². The van der Waals surface area contributed by atoms with Gasteiger partial charge in [0.25, 0.3) is 0 Å². The van der Waals surface area contributed by atoms with Crippen LogP contribution in [-0.2, 0) is 0 Å². The fraction of sp³-hybridized carbons (Fsp3) is 0.357. The lowest BCUT2D eigenvalue weighted by molar-refractivity contribution is 0.105. The lowest BCUT2D eigenvalue weighted by Gasteiger charge is -2.05. The number of carbonyl (C=O) groups is 1. The molecule has 1 heterocycles. The Morgan fingerprint density at radius 2 is 2.11 bits per heavy atom. The number of ether oxygens (including phenoxy) is 1. The molecule has 1 aromatic carbocycles. The minimum atomic E-state index is -0.550. The van der Waals surface area contributed by atoms with E-state index < -0.39 is 5.82 Å². The molecule has 0 bridgehead atoms. The Bertz CT molecular complexity index is 510. The topological polar surface area (TPSA) is 29.5 Å². The molecule has 1 aromatic rings. The van der Waals surface area contributed by atoms with Crippen LogP contribution in [-0.4, -0.2) is 30.9 Å². The summed E-state index contributed by atoms with van der Waals surface area (Å²) in [4.78, 5) is 13.7. The molecule has 0 radical (unpaired) electrons. The van der Waals surface area contributed by atoms with Crippen molar-refractivity contribution in [3.8, 4) is 17.7 Å². The van der Waals surface area contributed by atoms with Crippen LogP contribution in [0.5, 0.6) is 5.75 Å². The van der Waals surface area contributed by atoms with Crippen molar-refractivity contribution in [3.05, 3.63) is 29.6 Å². The van der Waals surface area contributed by atoms with E-state index in [4.69, 9.17) is 4.74 Å². The van der Waals surface area contributed by atoms with Crippen LogP contribution in [0, 0.1) is 17.8 Å². The summed E-state index contributed by atoms with van der Waals surface area (Å²) < 4.78 is 18.2. The SMILES string of the molecule is COc1ccc(C(=O)C#CN2CCCC2)cc1F. The first-order valence-electron chi connectivity index (χ1n) is 5.85. The van der Waals surface area contributed by atoms with Crippen molar-refractivity contribution in [2.45, 2.75) is 12.8 Å². The second-order valence-electron chi connectivity index (χ2n) is 4.11. The van der Waals surface area contributed by atoms with Crippen molar-refractivity contribution in [2.24, 2.45) is 0 Å². The van der Waals surface area contributed by atoms with Gasteiger partial charge in [0.15, 0.2) is 11.6 Å². The lowest BCUT2D eigenvalue weighted by Crippen LogP contribution is -2.12. The van der Waals surface area contributed by atoms with Gasteiger partial charge in [0.05, 0.1) is 7.11 Å². The summed E-state index contributed by atoms with van der Waals surface area (Å²) >= 11 is 0. The van der Waals surface area contributed by atoms with Crippen LogP contribution in [0.4, 0.5) is 4.39 Å².